The fraction of sp³-hybridized carbons (Fsp3) is 0.103. The number of nitrogens with zero attached hydrogens (tertiary/aromatic N) is 2. The SMILES string of the molecule is COc1ccc(-c2cc(N(c3ccc(C)cc3)c3ccc(OC)cc3)c3ccc4c(-c5ccc(OC)cc5)cc(N(c5ccc(C)cc5)c5ccc(OC)cc5)c5ccc2c3c45)cc1. The molecule has 0 unspecified atom stereocenters. The first-order valence-electron chi connectivity index (χ1n) is 21.4. The van der Waals surface area contributed by atoms with Crippen LogP contribution < -0.4 is 28.7 Å². The molecule has 0 saturated carbocycles. The molecule has 0 aromatic heterocycles. The summed E-state index contributed by atoms with van der Waals surface area (Å²) in [7, 11) is 6.83. The van der Waals surface area contributed by atoms with Gasteiger partial charge in [0.2, 0.25) is 0 Å². The number of anilines is 6. The summed E-state index contributed by atoms with van der Waals surface area (Å²) >= 11 is 0. The van der Waals surface area contributed by atoms with Gasteiger partial charge in [0, 0.05) is 44.3 Å². The van der Waals surface area contributed by atoms with Crippen LogP contribution in [0.15, 0.2) is 182 Å². The van der Waals surface area contributed by atoms with Crippen LogP contribution in [-0.2, 0) is 0 Å². The normalized spacial score (nSPS) is 11.3. The van der Waals surface area contributed by atoms with Crippen LogP contribution in [0.1, 0.15) is 11.1 Å². The van der Waals surface area contributed by atoms with E-state index >= 15 is 0 Å². The van der Waals surface area contributed by atoms with Crippen molar-refractivity contribution in [2.24, 2.45) is 0 Å². The lowest BCUT2D eigenvalue weighted by molar-refractivity contribution is 0.414. The first-order chi connectivity index (χ1) is 31.3. The van der Waals surface area contributed by atoms with Crippen LogP contribution in [0.4, 0.5) is 34.1 Å². The molecule has 0 atom stereocenters. The maximum absolute atomic E-state index is 5.65. The van der Waals surface area contributed by atoms with Crippen molar-refractivity contribution >= 4 is 66.4 Å². The molecule has 0 heterocycles. The Labute approximate surface area is 374 Å². The maximum Gasteiger partial charge on any atom is 0.119 e. The van der Waals surface area contributed by atoms with Crippen LogP contribution >= 0.6 is 0 Å². The lowest BCUT2D eigenvalue weighted by Crippen LogP contribution is -2.12. The van der Waals surface area contributed by atoms with Crippen molar-refractivity contribution < 1.29 is 18.9 Å². The zero-order chi connectivity index (χ0) is 43.9. The number of methoxy groups -OCH3 is 4. The summed E-state index contributed by atoms with van der Waals surface area (Å²) in [6, 6.07) is 65.0. The summed E-state index contributed by atoms with van der Waals surface area (Å²) in [4.78, 5) is 4.75. The third kappa shape index (κ3) is 7.13. The molecule has 314 valence electrons. The molecule has 6 nitrogen and oxygen atoms in total. The Morgan fingerprint density at radius 1 is 0.297 bits per heavy atom. The molecular formula is C58H48N2O4. The van der Waals surface area contributed by atoms with Gasteiger partial charge >= 0.3 is 0 Å². The topological polar surface area (TPSA) is 43.4 Å². The van der Waals surface area contributed by atoms with E-state index in [-0.39, 0.29) is 0 Å². The smallest absolute Gasteiger partial charge is 0.119 e. The van der Waals surface area contributed by atoms with Crippen molar-refractivity contribution in [3.8, 4) is 45.3 Å². The Morgan fingerprint density at radius 3 is 0.859 bits per heavy atom. The van der Waals surface area contributed by atoms with Gasteiger partial charge in [-0.3, -0.25) is 0 Å². The lowest BCUT2D eigenvalue weighted by Gasteiger charge is -2.31. The maximum atomic E-state index is 5.65. The van der Waals surface area contributed by atoms with Crippen molar-refractivity contribution in [1.29, 1.82) is 0 Å². The molecule has 0 amide bonds. The summed E-state index contributed by atoms with van der Waals surface area (Å²) in [5.41, 5.74) is 13.1. The van der Waals surface area contributed by atoms with Crippen molar-refractivity contribution in [3.05, 3.63) is 193 Å². The second-order valence-corrected chi connectivity index (χ2v) is 16.2. The van der Waals surface area contributed by atoms with Gasteiger partial charge in [-0.25, -0.2) is 0 Å². The first kappa shape index (κ1) is 40.1. The van der Waals surface area contributed by atoms with Crippen LogP contribution in [0, 0.1) is 13.8 Å². The third-order valence-electron chi connectivity index (χ3n) is 12.4. The van der Waals surface area contributed by atoms with Crippen molar-refractivity contribution in [2.75, 3.05) is 38.2 Å². The minimum Gasteiger partial charge on any atom is -0.497 e. The van der Waals surface area contributed by atoms with Crippen LogP contribution in [0.2, 0.25) is 0 Å². The van der Waals surface area contributed by atoms with E-state index in [1.54, 1.807) is 28.4 Å². The van der Waals surface area contributed by atoms with E-state index in [4.69, 9.17) is 18.9 Å². The predicted octanol–water partition coefficient (Wildman–Crippen LogP) is 15.5. The third-order valence-corrected chi connectivity index (χ3v) is 12.4. The number of hydrogen-bond acceptors (Lipinski definition) is 6. The van der Waals surface area contributed by atoms with E-state index in [2.05, 4.69) is 157 Å². The molecule has 64 heavy (non-hydrogen) atoms. The van der Waals surface area contributed by atoms with Gasteiger partial charge in [-0.15, -0.1) is 0 Å². The molecule has 0 N–H and O–H groups in total. The van der Waals surface area contributed by atoms with E-state index in [9.17, 15) is 0 Å². The zero-order valence-corrected chi connectivity index (χ0v) is 36.8. The minimum absolute atomic E-state index is 0.801. The predicted molar refractivity (Wildman–Crippen MR) is 266 cm³/mol. The number of benzene rings is 10. The highest BCUT2D eigenvalue weighted by Gasteiger charge is 2.26. The summed E-state index contributed by atoms with van der Waals surface area (Å²) in [5.74, 6) is 3.22. The quantitative estimate of drug-likeness (QED) is 0.114. The van der Waals surface area contributed by atoms with Gasteiger partial charge in [0.05, 0.1) is 39.8 Å². The Balaban J connectivity index is 1.36. The van der Waals surface area contributed by atoms with Gasteiger partial charge in [0.15, 0.2) is 0 Å². The highest BCUT2D eigenvalue weighted by atomic mass is 16.5. The summed E-state index contributed by atoms with van der Waals surface area (Å²) < 4.78 is 22.6. The lowest BCUT2D eigenvalue weighted by atomic mass is 9.85. The molecule has 0 aliphatic heterocycles. The number of hydrogen-bond donors (Lipinski definition) is 0. The Hall–Kier alpha value is -7.96. The van der Waals surface area contributed by atoms with Crippen LogP contribution in [0.25, 0.3) is 54.6 Å². The summed E-state index contributed by atoms with van der Waals surface area (Å²) in [6.45, 7) is 4.26. The second kappa shape index (κ2) is 16.7. The largest absolute Gasteiger partial charge is 0.497 e. The van der Waals surface area contributed by atoms with Crippen molar-refractivity contribution in [3.63, 3.8) is 0 Å². The van der Waals surface area contributed by atoms with Crippen molar-refractivity contribution in [1.82, 2.24) is 0 Å². The van der Waals surface area contributed by atoms with E-state index in [0.29, 0.717) is 0 Å². The zero-order valence-electron chi connectivity index (χ0n) is 36.8. The van der Waals surface area contributed by atoms with Gasteiger partial charge < -0.3 is 28.7 Å². The highest BCUT2D eigenvalue weighted by Crippen LogP contribution is 2.52. The molecule has 0 spiro atoms. The Kier molecular flexibility index (Phi) is 10.5. The van der Waals surface area contributed by atoms with Crippen LogP contribution in [0.5, 0.6) is 23.0 Å². The molecule has 0 fully saturated rings. The standard InChI is InChI=1S/C58H48N2O4/c1-37-7-15-41(16-8-37)59(43-19-27-47(63-5)28-20-43)55-35-53(39-11-23-45(61-3)24-12-39)49-32-34-52-56(60(42-17-9-38(2)10-18-42)44-21-29-48(64-6)30-22-44)36-54(40-13-25-46(62-4)26-14-40)50-31-33-51(55)57(49)58(50)52/h7-36H,1-6H3. The Bertz CT molecular complexity index is 3010. The second-order valence-electron chi connectivity index (χ2n) is 16.2. The monoisotopic (exact) mass is 836 g/mol. The highest BCUT2D eigenvalue weighted by molar-refractivity contribution is 6.32. The van der Waals surface area contributed by atoms with E-state index in [0.717, 1.165) is 101 Å². The van der Waals surface area contributed by atoms with Crippen LogP contribution in [-0.4, -0.2) is 28.4 Å². The Morgan fingerprint density at radius 2 is 0.562 bits per heavy atom. The number of ether oxygens (including phenoxy) is 4. The fourth-order valence-corrected chi connectivity index (χ4v) is 9.05. The molecule has 10 rings (SSSR count). The summed E-state index contributed by atoms with van der Waals surface area (Å²) in [6.07, 6.45) is 0. The minimum atomic E-state index is 0.801. The molecule has 0 aliphatic rings. The van der Waals surface area contributed by atoms with Crippen LogP contribution in [0.3, 0.4) is 0 Å². The van der Waals surface area contributed by atoms with E-state index in [1.165, 1.54) is 21.9 Å². The molecule has 0 saturated heterocycles. The average molecular weight is 837 g/mol. The first-order valence-corrected chi connectivity index (χ1v) is 21.4. The number of aryl methyl sites for hydroxylation is 2. The average Bonchev–Trinajstić information content (AvgIpc) is 3.35. The van der Waals surface area contributed by atoms with Gasteiger partial charge in [-0.2, -0.15) is 0 Å². The number of rotatable bonds is 12. The van der Waals surface area contributed by atoms with E-state index in [1.807, 2.05) is 48.5 Å². The van der Waals surface area contributed by atoms with E-state index < -0.39 is 0 Å². The van der Waals surface area contributed by atoms with Gasteiger partial charge in [0.1, 0.15) is 23.0 Å². The van der Waals surface area contributed by atoms with Gasteiger partial charge in [-0.1, -0.05) is 83.9 Å². The molecular weight excluding hydrogens is 789 g/mol. The van der Waals surface area contributed by atoms with Crippen molar-refractivity contribution in [2.45, 2.75) is 13.8 Å². The molecule has 0 radical (unpaired) electrons. The molecule has 10 aromatic rings. The molecule has 0 bridgehead atoms. The summed E-state index contributed by atoms with van der Waals surface area (Å²) in [5, 5.41) is 6.93. The molecule has 0 aliphatic carbocycles. The fourth-order valence-electron chi connectivity index (χ4n) is 9.05. The molecule has 10 aromatic carbocycles. The molecule has 6 heteroatoms. The van der Waals surface area contributed by atoms with Gasteiger partial charge in [-0.05, 0) is 156 Å². The van der Waals surface area contributed by atoms with Gasteiger partial charge in [0.25, 0.3) is 0 Å².